The van der Waals surface area contributed by atoms with E-state index < -0.39 is 11.8 Å². The van der Waals surface area contributed by atoms with Crippen LogP contribution < -0.4 is 0 Å². The molecule has 2 nitrogen and oxygen atoms in total. The van der Waals surface area contributed by atoms with E-state index in [1.165, 1.54) is 13.2 Å². The summed E-state index contributed by atoms with van der Waals surface area (Å²) in [4.78, 5) is 11.2. The third-order valence-corrected chi connectivity index (χ3v) is 3.10. The minimum Gasteiger partial charge on any atom is -0.465 e. The second-order valence-electron chi connectivity index (χ2n) is 2.56. The number of esters is 1. The van der Waals surface area contributed by atoms with Crippen LogP contribution in [-0.2, 0) is 10.1 Å². The second-order valence-corrected chi connectivity index (χ2v) is 3.92. The van der Waals surface area contributed by atoms with E-state index in [-0.39, 0.29) is 10.0 Å². The van der Waals surface area contributed by atoms with Crippen molar-refractivity contribution >= 4 is 37.8 Å². The number of hydrogen-bond acceptors (Lipinski definition) is 2. The lowest BCUT2D eigenvalue weighted by Crippen LogP contribution is -2.04. The lowest BCUT2D eigenvalue weighted by Gasteiger charge is -2.05. The maximum Gasteiger partial charge on any atom is 0.339 e. The van der Waals surface area contributed by atoms with Crippen LogP contribution in [0.15, 0.2) is 16.6 Å². The Hall–Kier alpha value is -0.420. The van der Waals surface area contributed by atoms with Crippen LogP contribution in [-0.4, -0.2) is 13.1 Å². The first-order valence-electron chi connectivity index (χ1n) is 3.72. The van der Waals surface area contributed by atoms with Crippen molar-refractivity contribution in [1.82, 2.24) is 0 Å². The Morgan fingerprint density at radius 2 is 2.21 bits per heavy atom. The number of carbonyl (C=O) groups excluding carboxylic acids is 1. The standard InChI is InChI=1S/C9H7Br2FO2/c1-14-9(13)6-2-5(4-10)3-7(12)8(6)11/h2-3H,4H2,1H3. The molecule has 0 bridgehead atoms. The van der Waals surface area contributed by atoms with Gasteiger partial charge in [-0.05, 0) is 33.6 Å². The number of rotatable bonds is 2. The minimum absolute atomic E-state index is 0.133. The summed E-state index contributed by atoms with van der Waals surface area (Å²) in [6.07, 6.45) is 0. The molecule has 0 saturated heterocycles. The van der Waals surface area contributed by atoms with E-state index in [9.17, 15) is 9.18 Å². The van der Waals surface area contributed by atoms with Crippen molar-refractivity contribution in [2.75, 3.05) is 7.11 Å². The molecule has 0 unspecified atom stereocenters. The van der Waals surface area contributed by atoms with Crippen molar-refractivity contribution in [3.8, 4) is 0 Å². The number of carbonyl (C=O) groups is 1. The third-order valence-electron chi connectivity index (χ3n) is 1.65. The molecule has 0 radical (unpaired) electrons. The van der Waals surface area contributed by atoms with Gasteiger partial charge in [-0.1, -0.05) is 15.9 Å². The van der Waals surface area contributed by atoms with Crippen LogP contribution in [0.3, 0.4) is 0 Å². The third kappa shape index (κ3) is 2.33. The predicted octanol–water partition coefficient (Wildman–Crippen LogP) is 3.27. The van der Waals surface area contributed by atoms with Gasteiger partial charge in [-0.3, -0.25) is 0 Å². The van der Waals surface area contributed by atoms with E-state index in [4.69, 9.17) is 0 Å². The highest BCUT2D eigenvalue weighted by Crippen LogP contribution is 2.24. The Morgan fingerprint density at radius 1 is 1.57 bits per heavy atom. The summed E-state index contributed by atoms with van der Waals surface area (Å²) >= 11 is 6.18. The van der Waals surface area contributed by atoms with Gasteiger partial charge in [0.25, 0.3) is 0 Å². The lowest BCUT2D eigenvalue weighted by molar-refractivity contribution is 0.0599. The van der Waals surface area contributed by atoms with Crippen LogP contribution in [0.2, 0.25) is 0 Å². The van der Waals surface area contributed by atoms with Gasteiger partial charge >= 0.3 is 5.97 Å². The molecular formula is C9H7Br2FO2. The van der Waals surface area contributed by atoms with Gasteiger partial charge in [0.15, 0.2) is 0 Å². The zero-order valence-corrected chi connectivity index (χ0v) is 10.5. The van der Waals surface area contributed by atoms with Crippen LogP contribution in [0.4, 0.5) is 4.39 Å². The first-order chi connectivity index (χ1) is 6.60. The molecule has 0 amide bonds. The Balaban J connectivity index is 3.27. The van der Waals surface area contributed by atoms with Gasteiger partial charge in [0.1, 0.15) is 5.82 Å². The summed E-state index contributed by atoms with van der Waals surface area (Å²) in [5, 5.41) is 0.487. The first-order valence-corrected chi connectivity index (χ1v) is 5.63. The smallest absolute Gasteiger partial charge is 0.339 e. The molecule has 0 heterocycles. The summed E-state index contributed by atoms with van der Waals surface area (Å²) < 4.78 is 17.9. The quantitative estimate of drug-likeness (QED) is 0.616. The summed E-state index contributed by atoms with van der Waals surface area (Å²) in [7, 11) is 1.26. The summed E-state index contributed by atoms with van der Waals surface area (Å²) in [6.45, 7) is 0. The average molecular weight is 326 g/mol. The Kier molecular flexibility index (Phi) is 4.07. The molecule has 0 spiro atoms. The van der Waals surface area contributed by atoms with E-state index in [1.807, 2.05) is 0 Å². The fraction of sp³-hybridized carbons (Fsp3) is 0.222. The highest BCUT2D eigenvalue weighted by molar-refractivity contribution is 9.10. The van der Waals surface area contributed by atoms with Crippen LogP contribution in [0.25, 0.3) is 0 Å². The summed E-state index contributed by atoms with van der Waals surface area (Å²) in [6, 6.07) is 2.93. The maximum atomic E-state index is 13.2. The van der Waals surface area contributed by atoms with Gasteiger partial charge in [-0.2, -0.15) is 0 Å². The van der Waals surface area contributed by atoms with Crippen LogP contribution >= 0.6 is 31.9 Å². The average Bonchev–Trinajstić information content (AvgIpc) is 2.20. The largest absolute Gasteiger partial charge is 0.465 e. The molecule has 0 fully saturated rings. The molecule has 0 aromatic heterocycles. The van der Waals surface area contributed by atoms with Crippen molar-refractivity contribution < 1.29 is 13.9 Å². The van der Waals surface area contributed by atoms with E-state index in [1.54, 1.807) is 6.07 Å². The minimum atomic E-state index is -0.557. The highest BCUT2D eigenvalue weighted by atomic mass is 79.9. The SMILES string of the molecule is COC(=O)c1cc(CBr)cc(F)c1Br. The van der Waals surface area contributed by atoms with Crippen molar-refractivity contribution in [3.63, 3.8) is 0 Å². The fourth-order valence-corrected chi connectivity index (χ4v) is 1.70. The topological polar surface area (TPSA) is 26.3 Å². The van der Waals surface area contributed by atoms with E-state index >= 15 is 0 Å². The van der Waals surface area contributed by atoms with Crippen LogP contribution in [0.1, 0.15) is 15.9 Å². The van der Waals surface area contributed by atoms with E-state index in [0.717, 1.165) is 0 Å². The van der Waals surface area contributed by atoms with E-state index in [0.29, 0.717) is 10.9 Å². The first kappa shape index (κ1) is 11.7. The monoisotopic (exact) mass is 324 g/mol. The van der Waals surface area contributed by atoms with E-state index in [2.05, 4.69) is 36.6 Å². The predicted molar refractivity (Wildman–Crippen MR) is 58.1 cm³/mol. The molecule has 5 heteroatoms. The number of benzene rings is 1. The van der Waals surface area contributed by atoms with Crippen molar-refractivity contribution in [2.24, 2.45) is 0 Å². The molecule has 0 saturated carbocycles. The molecule has 0 aliphatic carbocycles. The van der Waals surface area contributed by atoms with Gasteiger partial charge in [0.2, 0.25) is 0 Å². The van der Waals surface area contributed by atoms with Crippen LogP contribution in [0, 0.1) is 5.82 Å². The molecular weight excluding hydrogens is 319 g/mol. The fourth-order valence-electron chi connectivity index (χ4n) is 0.981. The number of halogens is 3. The number of ether oxygens (including phenoxy) is 1. The molecule has 0 aliphatic rings. The molecule has 76 valence electrons. The summed E-state index contributed by atoms with van der Waals surface area (Å²) in [5.74, 6) is -1.03. The number of hydrogen-bond donors (Lipinski definition) is 0. The molecule has 14 heavy (non-hydrogen) atoms. The lowest BCUT2D eigenvalue weighted by atomic mass is 10.1. The van der Waals surface area contributed by atoms with Gasteiger partial charge in [0, 0.05) is 5.33 Å². The number of methoxy groups -OCH3 is 1. The van der Waals surface area contributed by atoms with Gasteiger partial charge in [-0.15, -0.1) is 0 Å². The molecule has 0 aliphatic heterocycles. The molecule has 0 atom stereocenters. The highest BCUT2D eigenvalue weighted by Gasteiger charge is 2.15. The van der Waals surface area contributed by atoms with Crippen LogP contribution in [0.5, 0.6) is 0 Å². The molecule has 1 aromatic rings. The molecule has 0 N–H and O–H groups in total. The second kappa shape index (κ2) is 4.89. The van der Waals surface area contributed by atoms with Gasteiger partial charge in [-0.25, -0.2) is 9.18 Å². The Labute approximate surface area is 97.7 Å². The molecule has 1 rings (SSSR count). The van der Waals surface area contributed by atoms with Gasteiger partial charge in [0.05, 0.1) is 17.1 Å². The summed E-state index contributed by atoms with van der Waals surface area (Å²) in [5.41, 5.74) is 0.882. The van der Waals surface area contributed by atoms with Crippen molar-refractivity contribution in [2.45, 2.75) is 5.33 Å². The van der Waals surface area contributed by atoms with Gasteiger partial charge < -0.3 is 4.74 Å². The number of alkyl halides is 1. The maximum absolute atomic E-state index is 13.2. The molecule has 1 aromatic carbocycles. The van der Waals surface area contributed by atoms with Crippen molar-refractivity contribution in [1.29, 1.82) is 0 Å². The normalized spacial score (nSPS) is 10.0. The zero-order valence-electron chi connectivity index (χ0n) is 7.31. The zero-order chi connectivity index (χ0) is 10.7. The Morgan fingerprint density at radius 3 is 2.71 bits per heavy atom. The van der Waals surface area contributed by atoms with Crippen molar-refractivity contribution in [3.05, 3.63) is 33.5 Å². The Bertz CT molecular complexity index is 366.